The van der Waals surface area contributed by atoms with E-state index in [-0.39, 0.29) is 12.5 Å². The highest BCUT2D eigenvalue weighted by atomic mass is 32.1. The molecule has 2 aromatic heterocycles. The van der Waals surface area contributed by atoms with Crippen molar-refractivity contribution in [1.82, 2.24) is 9.88 Å². The molecule has 2 heterocycles. The summed E-state index contributed by atoms with van der Waals surface area (Å²) in [6, 6.07) is 11.9. The maximum atomic E-state index is 12.4. The third-order valence-electron chi connectivity index (χ3n) is 4.36. The van der Waals surface area contributed by atoms with Crippen LogP contribution in [0.2, 0.25) is 0 Å². The van der Waals surface area contributed by atoms with E-state index in [1.54, 1.807) is 11.3 Å². The number of fused-ring (bicyclic) bond motifs is 1. The highest BCUT2D eigenvalue weighted by Gasteiger charge is 2.17. The largest absolute Gasteiger partial charge is 0.386 e. The van der Waals surface area contributed by atoms with Crippen molar-refractivity contribution in [3.8, 4) is 0 Å². The minimum absolute atomic E-state index is 0.136. The Labute approximate surface area is 145 Å². The number of hydrogen-bond acceptors (Lipinski definition) is 3. The molecule has 0 saturated carbocycles. The number of aliphatic hydroxyl groups excluding tert-OH is 1. The molecule has 0 saturated heterocycles. The molecule has 0 fully saturated rings. The van der Waals surface area contributed by atoms with Crippen molar-refractivity contribution in [2.45, 2.75) is 33.4 Å². The first-order valence-corrected chi connectivity index (χ1v) is 8.94. The third-order valence-corrected chi connectivity index (χ3v) is 5.58. The molecule has 0 aliphatic carbocycles. The second-order valence-corrected chi connectivity index (χ2v) is 7.06. The minimum atomic E-state index is -0.694. The van der Waals surface area contributed by atoms with Gasteiger partial charge in [0.15, 0.2) is 0 Å². The van der Waals surface area contributed by atoms with Gasteiger partial charge in [-0.25, -0.2) is 0 Å². The van der Waals surface area contributed by atoms with Gasteiger partial charge in [-0.1, -0.05) is 18.2 Å². The molecule has 1 unspecified atom stereocenters. The topological polar surface area (TPSA) is 54.3 Å². The zero-order chi connectivity index (χ0) is 17.3. The Morgan fingerprint density at radius 1 is 1.29 bits per heavy atom. The molecule has 0 bridgehead atoms. The predicted octanol–water partition coefficient (Wildman–Crippen LogP) is 3.80. The van der Waals surface area contributed by atoms with E-state index >= 15 is 0 Å². The lowest BCUT2D eigenvalue weighted by atomic mass is 10.2. The van der Waals surface area contributed by atoms with E-state index in [9.17, 15) is 9.90 Å². The normalized spacial score (nSPS) is 12.5. The number of aryl methyl sites for hydroxylation is 1. The van der Waals surface area contributed by atoms with E-state index in [0.29, 0.717) is 5.56 Å². The lowest BCUT2D eigenvalue weighted by Gasteiger charge is -2.10. The fourth-order valence-corrected chi connectivity index (χ4v) is 4.12. The van der Waals surface area contributed by atoms with Crippen LogP contribution in [0.1, 0.15) is 39.7 Å². The van der Waals surface area contributed by atoms with Gasteiger partial charge in [0.05, 0.1) is 5.56 Å². The van der Waals surface area contributed by atoms with E-state index < -0.39 is 6.10 Å². The summed E-state index contributed by atoms with van der Waals surface area (Å²) in [5.74, 6) is -0.136. The van der Waals surface area contributed by atoms with Crippen molar-refractivity contribution in [3.63, 3.8) is 0 Å². The van der Waals surface area contributed by atoms with Crippen LogP contribution in [0.3, 0.4) is 0 Å². The lowest BCUT2D eigenvalue weighted by molar-refractivity contribution is 0.0917. The molecule has 1 aromatic carbocycles. The second-order valence-electron chi connectivity index (χ2n) is 5.94. The van der Waals surface area contributed by atoms with Crippen LogP contribution < -0.4 is 5.32 Å². The molecule has 4 nitrogen and oxygen atoms in total. The number of rotatable bonds is 5. The molecule has 1 amide bonds. The van der Waals surface area contributed by atoms with Gasteiger partial charge in [0.25, 0.3) is 5.91 Å². The number of carbonyl (C=O) groups is 1. The van der Waals surface area contributed by atoms with Crippen LogP contribution >= 0.6 is 11.3 Å². The third kappa shape index (κ3) is 3.09. The average molecular weight is 342 g/mol. The Morgan fingerprint density at radius 2 is 2.04 bits per heavy atom. The molecule has 2 N–H and O–H groups in total. The highest BCUT2D eigenvalue weighted by Crippen LogP contribution is 2.29. The van der Waals surface area contributed by atoms with Crippen LogP contribution in [0, 0.1) is 13.8 Å². The first-order chi connectivity index (χ1) is 11.5. The van der Waals surface area contributed by atoms with E-state index in [4.69, 9.17) is 0 Å². The van der Waals surface area contributed by atoms with Gasteiger partial charge in [-0.05, 0) is 44.4 Å². The van der Waals surface area contributed by atoms with Crippen LogP contribution in [0.5, 0.6) is 0 Å². The predicted molar refractivity (Wildman–Crippen MR) is 98.7 cm³/mol. The summed E-state index contributed by atoms with van der Waals surface area (Å²) in [4.78, 5) is 13.3. The molecule has 0 aliphatic rings. The number of carbonyl (C=O) groups excluding carboxylic acids is 1. The molecule has 3 rings (SSSR count). The van der Waals surface area contributed by atoms with Crippen molar-refractivity contribution in [1.29, 1.82) is 0 Å². The molecule has 0 aliphatic heterocycles. The first kappa shape index (κ1) is 16.7. The number of benzene rings is 1. The van der Waals surface area contributed by atoms with Gasteiger partial charge in [0, 0.05) is 34.1 Å². The van der Waals surface area contributed by atoms with Crippen LogP contribution in [-0.4, -0.2) is 22.1 Å². The maximum absolute atomic E-state index is 12.4. The summed E-state index contributed by atoms with van der Waals surface area (Å²) in [7, 11) is 0. The summed E-state index contributed by atoms with van der Waals surface area (Å²) in [5, 5.41) is 14.4. The second kappa shape index (κ2) is 6.79. The van der Waals surface area contributed by atoms with Gasteiger partial charge in [0.1, 0.15) is 6.10 Å². The summed E-state index contributed by atoms with van der Waals surface area (Å²) in [6.45, 7) is 7.07. The van der Waals surface area contributed by atoms with Crippen LogP contribution in [-0.2, 0) is 6.54 Å². The zero-order valence-corrected chi connectivity index (χ0v) is 15.0. The summed E-state index contributed by atoms with van der Waals surface area (Å²) in [5.41, 5.74) is 2.71. The van der Waals surface area contributed by atoms with Crippen molar-refractivity contribution in [2.75, 3.05) is 6.54 Å². The van der Waals surface area contributed by atoms with E-state index in [2.05, 4.69) is 16.8 Å². The summed E-state index contributed by atoms with van der Waals surface area (Å²) < 4.78 is 3.25. The Balaban J connectivity index is 1.69. The molecule has 0 spiro atoms. The lowest BCUT2D eigenvalue weighted by Crippen LogP contribution is -2.28. The van der Waals surface area contributed by atoms with Crippen LogP contribution in [0.15, 0.2) is 36.4 Å². The first-order valence-electron chi connectivity index (χ1n) is 8.12. The smallest absolute Gasteiger partial charge is 0.253 e. The molecule has 3 aromatic rings. The molecule has 5 heteroatoms. The van der Waals surface area contributed by atoms with Crippen molar-refractivity contribution >= 4 is 27.3 Å². The Hall–Kier alpha value is -2.11. The van der Waals surface area contributed by atoms with Crippen LogP contribution in [0.25, 0.3) is 10.1 Å². The number of hydrogen-bond donors (Lipinski definition) is 2. The summed E-state index contributed by atoms with van der Waals surface area (Å²) in [6.07, 6.45) is -0.694. The number of aliphatic hydroxyl groups is 1. The van der Waals surface area contributed by atoms with Gasteiger partial charge in [-0.3, -0.25) is 4.79 Å². The number of amides is 1. The molecular formula is C19H22N2O2S. The Bertz CT molecular complexity index is 846. The minimum Gasteiger partial charge on any atom is -0.386 e. The van der Waals surface area contributed by atoms with Crippen molar-refractivity contribution in [2.24, 2.45) is 0 Å². The quantitative estimate of drug-likeness (QED) is 0.741. The molecule has 24 heavy (non-hydrogen) atoms. The van der Waals surface area contributed by atoms with E-state index in [1.165, 1.54) is 0 Å². The van der Waals surface area contributed by atoms with E-state index in [0.717, 1.165) is 32.9 Å². The number of thiophene rings is 1. The SMILES string of the molecule is CCn1c(C)cc(C(=O)NCC(O)c2cc3ccccc3s2)c1C. The molecule has 1 atom stereocenters. The average Bonchev–Trinajstić information content (AvgIpc) is 3.13. The molecule has 126 valence electrons. The van der Waals surface area contributed by atoms with Gasteiger partial charge in [-0.2, -0.15) is 0 Å². The number of nitrogens with zero attached hydrogens (tertiary/aromatic N) is 1. The molecular weight excluding hydrogens is 320 g/mol. The van der Waals surface area contributed by atoms with Gasteiger partial charge in [-0.15, -0.1) is 11.3 Å². The Morgan fingerprint density at radius 3 is 2.71 bits per heavy atom. The summed E-state index contributed by atoms with van der Waals surface area (Å²) >= 11 is 1.56. The number of aromatic nitrogens is 1. The zero-order valence-electron chi connectivity index (χ0n) is 14.2. The van der Waals surface area contributed by atoms with Gasteiger partial charge >= 0.3 is 0 Å². The van der Waals surface area contributed by atoms with Crippen molar-refractivity contribution < 1.29 is 9.90 Å². The van der Waals surface area contributed by atoms with Gasteiger partial charge in [0.2, 0.25) is 0 Å². The van der Waals surface area contributed by atoms with Crippen molar-refractivity contribution in [3.05, 3.63) is 58.2 Å². The standard InChI is InChI=1S/C19H22N2O2S/c1-4-21-12(2)9-15(13(21)3)19(23)20-11-16(22)18-10-14-7-5-6-8-17(14)24-18/h5-10,16,22H,4,11H2,1-3H3,(H,20,23). The van der Waals surface area contributed by atoms with E-state index in [1.807, 2.05) is 50.2 Å². The number of nitrogens with one attached hydrogen (secondary N) is 1. The fourth-order valence-electron chi connectivity index (χ4n) is 3.07. The van der Waals surface area contributed by atoms with Gasteiger partial charge < -0.3 is 15.0 Å². The fraction of sp³-hybridized carbons (Fsp3) is 0.316. The highest BCUT2D eigenvalue weighted by molar-refractivity contribution is 7.19. The Kier molecular flexibility index (Phi) is 4.73. The maximum Gasteiger partial charge on any atom is 0.253 e. The molecule has 0 radical (unpaired) electrons. The van der Waals surface area contributed by atoms with Crippen LogP contribution in [0.4, 0.5) is 0 Å². The monoisotopic (exact) mass is 342 g/mol.